The molecule has 1 unspecified atom stereocenters. The molecule has 0 aliphatic rings. The second-order valence-electron chi connectivity index (χ2n) is 14.3. The highest BCUT2D eigenvalue weighted by Crippen LogP contribution is 2.11. The van der Waals surface area contributed by atoms with Gasteiger partial charge in [-0.15, -0.1) is 0 Å². The molecular formula is C50H80O6. The Labute approximate surface area is 343 Å². The average molecular weight is 777 g/mol. The van der Waals surface area contributed by atoms with E-state index in [0.29, 0.717) is 19.3 Å². The minimum absolute atomic E-state index is 0.122. The standard InChI is InChI=1S/C50H80O6/c1-4-7-10-13-16-19-22-24-25-27-28-31-34-37-40-43-49(52)55-46-47(45-54-48(51)42-39-36-33-30-21-18-15-12-9-6-3)56-50(53)44-41-38-35-32-29-26-23-20-17-14-11-8-5-2/h7,10,13,15-16,18-19,22,24-29,35,38,47H,4-6,8-9,11-12,14,17,20-21,23,30-34,36-37,39-46H2,1-3H3/b10-7-,16-13-,18-15-,22-19-,25-24-,28-27-,29-26-,38-35-. The Hall–Kier alpha value is -3.67. The zero-order chi connectivity index (χ0) is 40.8. The summed E-state index contributed by atoms with van der Waals surface area (Å²) < 4.78 is 16.6. The molecular weight excluding hydrogens is 697 g/mol. The summed E-state index contributed by atoms with van der Waals surface area (Å²) >= 11 is 0. The van der Waals surface area contributed by atoms with Crippen molar-refractivity contribution in [3.63, 3.8) is 0 Å². The van der Waals surface area contributed by atoms with Gasteiger partial charge in [-0.3, -0.25) is 14.4 Å². The number of esters is 3. The largest absolute Gasteiger partial charge is 0.462 e. The second kappa shape index (κ2) is 44.0. The first kappa shape index (κ1) is 52.3. The zero-order valence-electron chi connectivity index (χ0n) is 35.9. The SMILES string of the molecule is CC\C=C/C=C\C=C/C=C\C=C/CCCCCC(=O)OCC(COC(=O)CCCCCC/C=C\CCCC)OC(=O)CC/C=C\C/C=C\CCCCCCCC. The molecule has 0 saturated heterocycles. The lowest BCUT2D eigenvalue weighted by Crippen LogP contribution is -2.30. The van der Waals surface area contributed by atoms with Crippen LogP contribution in [0, 0.1) is 0 Å². The summed E-state index contributed by atoms with van der Waals surface area (Å²) in [6.45, 7) is 6.31. The Balaban J connectivity index is 4.57. The van der Waals surface area contributed by atoms with Crippen LogP contribution in [0.5, 0.6) is 0 Å². The predicted octanol–water partition coefficient (Wildman–Crippen LogP) is 14.2. The molecule has 0 aromatic rings. The Bertz CT molecular complexity index is 1170. The van der Waals surface area contributed by atoms with Crippen LogP contribution >= 0.6 is 0 Å². The van der Waals surface area contributed by atoms with Crippen LogP contribution in [0.4, 0.5) is 0 Å². The summed E-state index contributed by atoms with van der Waals surface area (Å²) in [7, 11) is 0. The molecule has 56 heavy (non-hydrogen) atoms. The van der Waals surface area contributed by atoms with Gasteiger partial charge in [0, 0.05) is 19.3 Å². The maximum atomic E-state index is 12.7. The molecule has 316 valence electrons. The summed E-state index contributed by atoms with van der Waals surface area (Å²) in [5.41, 5.74) is 0. The van der Waals surface area contributed by atoms with Crippen LogP contribution in [-0.4, -0.2) is 37.2 Å². The van der Waals surface area contributed by atoms with Gasteiger partial charge in [0.25, 0.3) is 0 Å². The summed E-state index contributed by atoms with van der Waals surface area (Å²) in [6, 6.07) is 0. The third-order valence-corrected chi connectivity index (χ3v) is 8.93. The van der Waals surface area contributed by atoms with Crippen LogP contribution in [0.2, 0.25) is 0 Å². The van der Waals surface area contributed by atoms with Crippen molar-refractivity contribution < 1.29 is 28.6 Å². The quantitative estimate of drug-likeness (QED) is 0.0204. The lowest BCUT2D eigenvalue weighted by Gasteiger charge is -2.18. The molecule has 0 fully saturated rings. The van der Waals surface area contributed by atoms with E-state index in [1.807, 2.05) is 54.7 Å². The van der Waals surface area contributed by atoms with Gasteiger partial charge in [-0.1, -0.05) is 182 Å². The fraction of sp³-hybridized carbons (Fsp3) is 0.620. The van der Waals surface area contributed by atoms with Crippen molar-refractivity contribution in [2.24, 2.45) is 0 Å². The number of carbonyl (C=O) groups excluding carboxylic acids is 3. The van der Waals surface area contributed by atoms with Crippen molar-refractivity contribution in [2.45, 2.75) is 187 Å². The number of unbranched alkanes of at least 4 members (excludes halogenated alkanes) is 15. The van der Waals surface area contributed by atoms with Crippen LogP contribution in [-0.2, 0) is 28.6 Å². The first-order chi connectivity index (χ1) is 27.5. The van der Waals surface area contributed by atoms with E-state index in [9.17, 15) is 14.4 Å². The fourth-order valence-electron chi connectivity index (χ4n) is 5.55. The van der Waals surface area contributed by atoms with Gasteiger partial charge in [0.15, 0.2) is 6.10 Å². The van der Waals surface area contributed by atoms with Gasteiger partial charge in [0.05, 0.1) is 0 Å². The van der Waals surface area contributed by atoms with E-state index in [-0.39, 0.29) is 31.6 Å². The van der Waals surface area contributed by atoms with E-state index in [4.69, 9.17) is 14.2 Å². The van der Waals surface area contributed by atoms with Gasteiger partial charge in [0.2, 0.25) is 0 Å². The second-order valence-corrected chi connectivity index (χ2v) is 14.3. The van der Waals surface area contributed by atoms with Crippen molar-refractivity contribution in [1.29, 1.82) is 0 Å². The molecule has 0 saturated carbocycles. The number of allylic oxidation sites excluding steroid dienone is 16. The first-order valence-electron chi connectivity index (χ1n) is 22.3. The zero-order valence-corrected chi connectivity index (χ0v) is 35.9. The molecule has 0 aliphatic carbocycles. The van der Waals surface area contributed by atoms with Gasteiger partial charge >= 0.3 is 17.9 Å². The highest BCUT2D eigenvalue weighted by molar-refractivity contribution is 5.71. The third-order valence-electron chi connectivity index (χ3n) is 8.93. The van der Waals surface area contributed by atoms with Crippen molar-refractivity contribution in [3.8, 4) is 0 Å². The highest BCUT2D eigenvalue weighted by Gasteiger charge is 2.19. The Morgan fingerprint density at radius 2 is 0.821 bits per heavy atom. The molecule has 0 aromatic carbocycles. The number of hydrogen-bond acceptors (Lipinski definition) is 6. The average Bonchev–Trinajstić information content (AvgIpc) is 3.19. The predicted molar refractivity (Wildman–Crippen MR) is 237 cm³/mol. The number of carbonyl (C=O) groups is 3. The molecule has 0 bridgehead atoms. The lowest BCUT2D eigenvalue weighted by atomic mass is 10.1. The van der Waals surface area contributed by atoms with Crippen molar-refractivity contribution in [1.82, 2.24) is 0 Å². The molecule has 0 spiro atoms. The van der Waals surface area contributed by atoms with Crippen LogP contribution in [0.3, 0.4) is 0 Å². The molecule has 1 atom stereocenters. The Morgan fingerprint density at radius 1 is 0.393 bits per heavy atom. The maximum Gasteiger partial charge on any atom is 0.306 e. The molecule has 0 radical (unpaired) electrons. The molecule has 6 nitrogen and oxygen atoms in total. The van der Waals surface area contributed by atoms with Crippen LogP contribution in [0.1, 0.15) is 181 Å². The molecule has 0 amide bonds. The maximum absolute atomic E-state index is 12.7. The smallest absolute Gasteiger partial charge is 0.306 e. The Kier molecular flexibility index (Phi) is 41.2. The summed E-state index contributed by atoms with van der Waals surface area (Å²) in [5, 5.41) is 0. The van der Waals surface area contributed by atoms with E-state index in [1.165, 1.54) is 51.4 Å². The van der Waals surface area contributed by atoms with Gasteiger partial charge in [-0.2, -0.15) is 0 Å². The van der Waals surface area contributed by atoms with Crippen LogP contribution < -0.4 is 0 Å². The van der Waals surface area contributed by atoms with E-state index < -0.39 is 12.1 Å². The van der Waals surface area contributed by atoms with Crippen molar-refractivity contribution >= 4 is 17.9 Å². The van der Waals surface area contributed by atoms with E-state index >= 15 is 0 Å². The highest BCUT2D eigenvalue weighted by atomic mass is 16.6. The molecule has 0 heterocycles. The Morgan fingerprint density at radius 3 is 1.39 bits per heavy atom. The van der Waals surface area contributed by atoms with Gasteiger partial charge in [-0.25, -0.2) is 0 Å². The minimum Gasteiger partial charge on any atom is -0.462 e. The molecule has 0 aliphatic heterocycles. The number of ether oxygens (including phenoxy) is 3. The minimum atomic E-state index is -0.828. The summed E-state index contributed by atoms with van der Waals surface area (Å²) in [5.74, 6) is -1.06. The third kappa shape index (κ3) is 41.5. The normalized spacial score (nSPS) is 13.0. The molecule has 6 heteroatoms. The molecule has 0 N–H and O–H groups in total. The van der Waals surface area contributed by atoms with Crippen molar-refractivity contribution in [3.05, 3.63) is 97.2 Å². The lowest BCUT2D eigenvalue weighted by molar-refractivity contribution is -0.166. The van der Waals surface area contributed by atoms with E-state index in [1.54, 1.807) is 0 Å². The monoisotopic (exact) mass is 777 g/mol. The van der Waals surface area contributed by atoms with Gasteiger partial charge in [-0.05, 0) is 77.0 Å². The molecule has 0 aromatic heterocycles. The molecule has 0 rings (SSSR count). The fourth-order valence-corrected chi connectivity index (χ4v) is 5.55. The summed E-state index contributed by atoms with van der Waals surface area (Å²) in [4.78, 5) is 37.6. The van der Waals surface area contributed by atoms with Crippen molar-refractivity contribution in [2.75, 3.05) is 13.2 Å². The van der Waals surface area contributed by atoms with E-state index in [0.717, 1.165) is 83.5 Å². The van der Waals surface area contributed by atoms with E-state index in [2.05, 4.69) is 63.3 Å². The number of hydrogen-bond donors (Lipinski definition) is 0. The summed E-state index contributed by atoms with van der Waals surface area (Å²) in [6.07, 6.45) is 56.9. The van der Waals surface area contributed by atoms with Gasteiger partial charge < -0.3 is 14.2 Å². The number of rotatable bonds is 38. The van der Waals surface area contributed by atoms with Gasteiger partial charge in [0.1, 0.15) is 13.2 Å². The van der Waals surface area contributed by atoms with Crippen LogP contribution in [0.15, 0.2) is 97.2 Å². The van der Waals surface area contributed by atoms with Crippen LogP contribution in [0.25, 0.3) is 0 Å². The first-order valence-corrected chi connectivity index (χ1v) is 22.3. The topological polar surface area (TPSA) is 78.9 Å².